The van der Waals surface area contributed by atoms with Crippen LogP contribution in [0.2, 0.25) is 0 Å². The molecular formula is C27H30F3N5O2S. The van der Waals surface area contributed by atoms with Gasteiger partial charge in [0.25, 0.3) is 5.91 Å². The maximum absolute atomic E-state index is 12.9. The molecular weight excluding hydrogens is 515 g/mol. The molecule has 1 unspecified atom stereocenters. The van der Waals surface area contributed by atoms with Gasteiger partial charge in [-0.15, -0.1) is 10.2 Å². The molecule has 2 heterocycles. The third-order valence-corrected chi connectivity index (χ3v) is 7.54. The summed E-state index contributed by atoms with van der Waals surface area (Å²) in [4.78, 5) is 29.0. The fourth-order valence-corrected chi connectivity index (χ4v) is 5.46. The van der Waals surface area contributed by atoms with E-state index in [2.05, 4.69) is 10.2 Å². The number of carbonyl (C=O) groups is 2. The summed E-state index contributed by atoms with van der Waals surface area (Å²) in [5.41, 5.74) is 0.433. The number of unbranched alkanes of at least 4 members (excludes halogenated alkanes) is 1. The largest absolute Gasteiger partial charge is 0.416 e. The van der Waals surface area contributed by atoms with Crippen molar-refractivity contribution in [3.05, 3.63) is 71.5 Å². The number of hydrogen-bond acceptors (Lipinski definition) is 5. The van der Waals surface area contributed by atoms with Crippen LogP contribution in [0.1, 0.15) is 47.9 Å². The van der Waals surface area contributed by atoms with Crippen molar-refractivity contribution in [1.29, 1.82) is 0 Å². The van der Waals surface area contributed by atoms with Gasteiger partial charge in [-0.3, -0.25) is 14.2 Å². The maximum atomic E-state index is 12.9. The molecule has 38 heavy (non-hydrogen) atoms. The van der Waals surface area contributed by atoms with Gasteiger partial charge in [0.1, 0.15) is 5.82 Å². The highest BCUT2D eigenvalue weighted by molar-refractivity contribution is 7.99. The van der Waals surface area contributed by atoms with Crippen LogP contribution in [0.5, 0.6) is 0 Å². The van der Waals surface area contributed by atoms with Crippen LogP contribution in [0.3, 0.4) is 0 Å². The summed E-state index contributed by atoms with van der Waals surface area (Å²) in [6.07, 6.45) is -2.44. The Morgan fingerprint density at radius 1 is 1.00 bits per heavy atom. The van der Waals surface area contributed by atoms with Gasteiger partial charge in [-0.05, 0) is 63.1 Å². The van der Waals surface area contributed by atoms with Crippen LogP contribution in [-0.2, 0) is 11.0 Å². The van der Waals surface area contributed by atoms with Crippen LogP contribution >= 0.6 is 11.8 Å². The van der Waals surface area contributed by atoms with Crippen molar-refractivity contribution < 1.29 is 22.8 Å². The highest BCUT2D eigenvalue weighted by Crippen LogP contribution is 2.29. The van der Waals surface area contributed by atoms with E-state index in [1.165, 1.54) is 12.1 Å². The number of rotatable bonds is 8. The van der Waals surface area contributed by atoms with Crippen LogP contribution in [-0.4, -0.2) is 67.8 Å². The van der Waals surface area contributed by atoms with Crippen LogP contribution in [0.25, 0.3) is 5.69 Å². The summed E-state index contributed by atoms with van der Waals surface area (Å²) in [5.74, 6) is 1.35. The van der Waals surface area contributed by atoms with Crippen molar-refractivity contribution in [2.24, 2.45) is 0 Å². The molecule has 0 spiro atoms. The molecule has 4 rings (SSSR count). The molecule has 1 aliphatic rings. The summed E-state index contributed by atoms with van der Waals surface area (Å²) in [6, 6.07) is 13.9. The van der Waals surface area contributed by atoms with Crippen LogP contribution < -0.4 is 0 Å². The van der Waals surface area contributed by atoms with Gasteiger partial charge in [-0.1, -0.05) is 30.0 Å². The topological polar surface area (TPSA) is 71.3 Å². The van der Waals surface area contributed by atoms with E-state index in [1.807, 2.05) is 48.7 Å². The average Bonchev–Trinajstić information content (AvgIpc) is 3.28. The molecule has 0 N–H and O–H groups in total. The fraction of sp³-hybridized carbons (Fsp3) is 0.407. The minimum atomic E-state index is -4.44. The Hall–Kier alpha value is -3.34. The maximum Gasteiger partial charge on any atom is 0.416 e. The molecule has 0 radical (unpaired) electrons. The molecule has 2 aromatic carbocycles. The number of carbonyl (C=O) groups excluding carboxylic acids is 2. The number of aryl methyl sites for hydroxylation is 1. The number of thioether (sulfide) groups is 1. The first-order chi connectivity index (χ1) is 18.1. The molecule has 7 nitrogen and oxygen atoms in total. The van der Waals surface area contributed by atoms with Gasteiger partial charge in [-0.2, -0.15) is 13.2 Å². The van der Waals surface area contributed by atoms with E-state index in [0.29, 0.717) is 26.1 Å². The lowest BCUT2D eigenvalue weighted by atomic mass is 10.1. The number of hydrogen-bond donors (Lipinski definition) is 0. The van der Waals surface area contributed by atoms with Crippen molar-refractivity contribution in [1.82, 2.24) is 24.6 Å². The molecule has 1 atom stereocenters. The van der Waals surface area contributed by atoms with Crippen LogP contribution in [0.4, 0.5) is 13.2 Å². The van der Waals surface area contributed by atoms with E-state index in [9.17, 15) is 22.8 Å². The zero-order chi connectivity index (χ0) is 27.3. The molecule has 1 fully saturated rings. The Balaban J connectivity index is 1.21. The molecule has 2 amide bonds. The number of amides is 2. The van der Waals surface area contributed by atoms with Crippen LogP contribution in [0.15, 0.2) is 59.8 Å². The quantitative estimate of drug-likeness (QED) is 0.286. The second kappa shape index (κ2) is 12.0. The SMILES string of the molecule is Cc1nnc(SCCCCC(=O)N2CCN(C(=O)c3ccc(C(F)(F)F)cc3)C(C)C2)n1-c1ccccc1. The molecule has 11 heteroatoms. The number of aromatic nitrogens is 3. The number of nitrogens with zero attached hydrogens (tertiary/aromatic N) is 5. The molecule has 202 valence electrons. The van der Waals surface area contributed by atoms with Crippen molar-refractivity contribution in [3.63, 3.8) is 0 Å². The highest BCUT2D eigenvalue weighted by atomic mass is 32.2. The predicted molar refractivity (Wildman–Crippen MR) is 139 cm³/mol. The van der Waals surface area contributed by atoms with Gasteiger partial charge in [0.2, 0.25) is 5.91 Å². The highest BCUT2D eigenvalue weighted by Gasteiger charge is 2.32. The van der Waals surface area contributed by atoms with Crippen molar-refractivity contribution in [2.45, 2.75) is 50.5 Å². The summed E-state index contributed by atoms with van der Waals surface area (Å²) in [6.45, 7) is 4.92. The van der Waals surface area contributed by atoms with Gasteiger partial charge in [0.05, 0.1) is 5.56 Å². The average molecular weight is 546 g/mol. The van der Waals surface area contributed by atoms with Gasteiger partial charge in [0, 0.05) is 49.1 Å². The number of piperazine rings is 1. The first-order valence-electron chi connectivity index (χ1n) is 12.5. The Bertz CT molecular complexity index is 1250. The molecule has 1 aliphatic heterocycles. The van der Waals surface area contributed by atoms with Crippen molar-refractivity contribution in [3.8, 4) is 5.69 Å². The Morgan fingerprint density at radius 3 is 2.37 bits per heavy atom. The summed E-state index contributed by atoms with van der Waals surface area (Å²) < 4.78 is 40.4. The summed E-state index contributed by atoms with van der Waals surface area (Å²) in [5, 5.41) is 9.30. The lowest BCUT2D eigenvalue weighted by Gasteiger charge is -2.40. The molecule has 0 bridgehead atoms. The van der Waals surface area contributed by atoms with Crippen molar-refractivity contribution >= 4 is 23.6 Å². The van der Waals surface area contributed by atoms with Gasteiger partial charge >= 0.3 is 6.18 Å². The smallest absolute Gasteiger partial charge is 0.339 e. The molecule has 1 aromatic heterocycles. The van der Waals surface area contributed by atoms with E-state index >= 15 is 0 Å². The standard InChI is InChI=1S/C27H30F3N5O2S/c1-19-18-33(15-16-34(19)25(37)21-11-13-22(14-12-21)27(28,29)30)24(36)10-6-7-17-38-26-32-31-20(2)35(26)23-8-4-3-5-9-23/h3-5,8-9,11-14,19H,6-7,10,15-18H2,1-2H3. The minimum absolute atomic E-state index is 0.0479. The number of alkyl halides is 3. The predicted octanol–water partition coefficient (Wildman–Crippen LogP) is 5.23. The Morgan fingerprint density at radius 2 is 1.71 bits per heavy atom. The number of halogens is 3. The molecule has 0 saturated carbocycles. The normalized spacial score (nSPS) is 16.1. The minimum Gasteiger partial charge on any atom is -0.339 e. The zero-order valence-corrected chi connectivity index (χ0v) is 22.1. The number of para-hydroxylation sites is 1. The van der Waals surface area contributed by atoms with E-state index in [1.54, 1.807) is 21.6 Å². The summed E-state index contributed by atoms with van der Waals surface area (Å²) in [7, 11) is 0. The first-order valence-corrected chi connectivity index (χ1v) is 13.5. The number of benzene rings is 2. The van der Waals surface area contributed by atoms with Crippen LogP contribution in [0, 0.1) is 6.92 Å². The molecule has 3 aromatic rings. The van der Waals surface area contributed by atoms with Gasteiger partial charge in [-0.25, -0.2) is 0 Å². The molecule has 0 aliphatic carbocycles. The zero-order valence-electron chi connectivity index (χ0n) is 21.3. The lowest BCUT2D eigenvalue weighted by Crippen LogP contribution is -2.55. The third-order valence-electron chi connectivity index (χ3n) is 6.53. The van der Waals surface area contributed by atoms with E-state index in [4.69, 9.17) is 0 Å². The third kappa shape index (κ3) is 6.56. The summed E-state index contributed by atoms with van der Waals surface area (Å²) >= 11 is 1.61. The Labute approximate surface area is 224 Å². The van der Waals surface area contributed by atoms with E-state index < -0.39 is 11.7 Å². The second-order valence-corrected chi connectivity index (χ2v) is 10.3. The fourth-order valence-electron chi connectivity index (χ4n) is 4.46. The lowest BCUT2D eigenvalue weighted by molar-refractivity contribution is -0.137. The van der Waals surface area contributed by atoms with Gasteiger partial charge < -0.3 is 9.80 Å². The van der Waals surface area contributed by atoms with Gasteiger partial charge in [0.15, 0.2) is 5.16 Å². The van der Waals surface area contributed by atoms with Crippen molar-refractivity contribution in [2.75, 3.05) is 25.4 Å². The molecule has 1 saturated heterocycles. The van der Waals surface area contributed by atoms with E-state index in [-0.39, 0.29) is 23.4 Å². The second-order valence-electron chi connectivity index (χ2n) is 9.27. The van der Waals surface area contributed by atoms with E-state index in [0.717, 1.165) is 47.4 Å². The monoisotopic (exact) mass is 545 g/mol. The first kappa shape index (κ1) is 27.7. The Kier molecular flexibility index (Phi) is 8.76.